The van der Waals surface area contributed by atoms with E-state index in [0.29, 0.717) is 22.4 Å². The summed E-state index contributed by atoms with van der Waals surface area (Å²) >= 11 is 3.02. The smallest absolute Gasteiger partial charge is 0.235 e. The first kappa shape index (κ1) is 24.3. The molecule has 0 saturated heterocycles. The Hall–Kier alpha value is -1.85. The molecule has 2 aliphatic carbocycles. The van der Waals surface area contributed by atoms with Crippen molar-refractivity contribution in [2.45, 2.75) is 96.7 Å². The van der Waals surface area contributed by atoms with Gasteiger partial charge in [0.25, 0.3) is 0 Å². The topological polar surface area (TPSA) is 83.6 Å². The van der Waals surface area contributed by atoms with E-state index in [1.165, 1.54) is 48.7 Å². The van der Waals surface area contributed by atoms with Crippen LogP contribution in [0.25, 0.3) is 0 Å². The van der Waals surface area contributed by atoms with Crippen molar-refractivity contribution < 1.29 is 4.79 Å². The number of aromatic nitrogens is 3. The first-order valence-corrected chi connectivity index (χ1v) is 14.0. The van der Waals surface area contributed by atoms with Crippen molar-refractivity contribution in [1.29, 1.82) is 5.26 Å². The van der Waals surface area contributed by atoms with Crippen molar-refractivity contribution in [1.82, 2.24) is 14.8 Å². The van der Waals surface area contributed by atoms with E-state index in [0.717, 1.165) is 42.4 Å². The van der Waals surface area contributed by atoms with Crippen LogP contribution in [0, 0.1) is 22.7 Å². The highest BCUT2D eigenvalue weighted by molar-refractivity contribution is 7.99. The molecule has 33 heavy (non-hydrogen) atoms. The van der Waals surface area contributed by atoms with Crippen molar-refractivity contribution in [3.05, 3.63) is 21.8 Å². The molecule has 2 aliphatic rings. The van der Waals surface area contributed by atoms with Gasteiger partial charge >= 0.3 is 0 Å². The molecule has 0 aliphatic heterocycles. The molecule has 6 nitrogen and oxygen atoms in total. The number of carbonyl (C=O) groups is 1. The molecular formula is C25H35N5OS2. The van der Waals surface area contributed by atoms with Crippen LogP contribution in [0.3, 0.4) is 0 Å². The molecule has 0 aromatic carbocycles. The number of amides is 1. The Morgan fingerprint density at radius 1 is 1.24 bits per heavy atom. The summed E-state index contributed by atoms with van der Waals surface area (Å²) in [5.41, 5.74) is 2.06. The summed E-state index contributed by atoms with van der Waals surface area (Å²) in [6.45, 7) is 9.79. The summed E-state index contributed by atoms with van der Waals surface area (Å²) in [6.07, 6.45) is 9.20. The number of hydrogen-bond donors (Lipinski definition) is 1. The fraction of sp³-hybridized carbons (Fsp3) is 0.680. The second-order valence-electron chi connectivity index (χ2n) is 10.4. The lowest BCUT2D eigenvalue weighted by atomic mass is 9.72. The van der Waals surface area contributed by atoms with Crippen LogP contribution >= 0.6 is 23.1 Å². The van der Waals surface area contributed by atoms with Crippen LogP contribution < -0.4 is 5.32 Å². The van der Waals surface area contributed by atoms with Gasteiger partial charge in [-0.2, -0.15) is 5.26 Å². The highest BCUT2D eigenvalue weighted by Gasteiger charge is 2.32. The number of nitrogens with zero attached hydrogens (tertiary/aromatic N) is 4. The van der Waals surface area contributed by atoms with Crippen LogP contribution in [-0.2, 0) is 24.2 Å². The maximum absolute atomic E-state index is 12.8. The largest absolute Gasteiger partial charge is 0.316 e. The Balaban J connectivity index is 1.42. The van der Waals surface area contributed by atoms with Gasteiger partial charge in [0, 0.05) is 17.3 Å². The maximum atomic E-state index is 12.8. The van der Waals surface area contributed by atoms with Gasteiger partial charge in [-0.15, -0.1) is 21.5 Å². The van der Waals surface area contributed by atoms with Crippen molar-refractivity contribution >= 4 is 34.0 Å². The van der Waals surface area contributed by atoms with Gasteiger partial charge in [0.15, 0.2) is 5.16 Å². The molecule has 0 radical (unpaired) electrons. The standard InChI is InChI=1S/C25H35N5OS2/c1-5-30-22(16-9-7-6-8-10-16)28-29-24(30)32-15-21(31)27-23-19(14-26)18-12-11-17(25(2,3)4)13-20(18)33-23/h16-17H,5-13,15H2,1-4H3,(H,27,31). The first-order valence-electron chi connectivity index (χ1n) is 12.2. The third-order valence-corrected chi connectivity index (χ3v) is 9.36. The zero-order valence-corrected chi connectivity index (χ0v) is 21.9. The Kier molecular flexibility index (Phi) is 7.49. The monoisotopic (exact) mass is 485 g/mol. The highest BCUT2D eigenvalue weighted by atomic mass is 32.2. The zero-order chi connectivity index (χ0) is 23.6. The van der Waals surface area contributed by atoms with E-state index in [9.17, 15) is 10.1 Å². The molecule has 1 saturated carbocycles. The minimum Gasteiger partial charge on any atom is -0.316 e. The van der Waals surface area contributed by atoms with E-state index >= 15 is 0 Å². The molecule has 178 valence electrons. The SMILES string of the molecule is CCn1c(SCC(=O)Nc2sc3c(c2C#N)CCC(C(C)(C)C)C3)nnc1C1CCCCC1. The van der Waals surface area contributed by atoms with Gasteiger partial charge in [0.2, 0.25) is 5.91 Å². The highest BCUT2D eigenvalue weighted by Crippen LogP contribution is 2.44. The van der Waals surface area contributed by atoms with E-state index in [-0.39, 0.29) is 17.1 Å². The third kappa shape index (κ3) is 5.30. The van der Waals surface area contributed by atoms with Crippen molar-refractivity contribution in [2.24, 2.45) is 11.3 Å². The minimum atomic E-state index is -0.0904. The van der Waals surface area contributed by atoms with Crippen LogP contribution in [0.15, 0.2) is 5.16 Å². The number of hydrogen-bond acceptors (Lipinski definition) is 6. The summed E-state index contributed by atoms with van der Waals surface area (Å²) < 4.78 is 2.17. The van der Waals surface area contributed by atoms with Crippen molar-refractivity contribution in [2.75, 3.05) is 11.1 Å². The van der Waals surface area contributed by atoms with Gasteiger partial charge in [-0.1, -0.05) is 51.8 Å². The number of rotatable bonds is 6. The van der Waals surface area contributed by atoms with E-state index in [2.05, 4.69) is 53.8 Å². The quantitative estimate of drug-likeness (QED) is 0.495. The first-order chi connectivity index (χ1) is 15.8. The number of carbonyl (C=O) groups excluding carboxylic acids is 1. The molecule has 2 aromatic heterocycles. The van der Waals surface area contributed by atoms with E-state index in [1.807, 2.05) is 0 Å². The number of thioether (sulfide) groups is 1. The lowest BCUT2D eigenvalue weighted by molar-refractivity contribution is -0.113. The average molecular weight is 486 g/mol. The summed E-state index contributed by atoms with van der Waals surface area (Å²) in [5, 5.41) is 23.2. The molecule has 0 bridgehead atoms. The summed E-state index contributed by atoms with van der Waals surface area (Å²) in [5.74, 6) is 2.34. The summed E-state index contributed by atoms with van der Waals surface area (Å²) in [6, 6.07) is 2.36. The summed E-state index contributed by atoms with van der Waals surface area (Å²) in [4.78, 5) is 14.1. The average Bonchev–Trinajstić information content (AvgIpc) is 3.37. The molecule has 1 amide bonds. The lowest BCUT2D eigenvalue weighted by Crippen LogP contribution is -2.26. The third-order valence-electron chi connectivity index (χ3n) is 7.22. The summed E-state index contributed by atoms with van der Waals surface area (Å²) in [7, 11) is 0. The van der Waals surface area contributed by atoms with E-state index < -0.39 is 0 Å². The van der Waals surface area contributed by atoms with Gasteiger partial charge in [0.05, 0.1) is 11.3 Å². The van der Waals surface area contributed by atoms with Gasteiger partial charge < -0.3 is 9.88 Å². The Labute approximate surface area is 205 Å². The zero-order valence-electron chi connectivity index (χ0n) is 20.2. The molecule has 4 rings (SSSR count). The van der Waals surface area contributed by atoms with Crippen LogP contribution in [-0.4, -0.2) is 26.4 Å². The number of thiophene rings is 1. The van der Waals surface area contributed by atoms with Gasteiger partial charge in [0.1, 0.15) is 16.9 Å². The van der Waals surface area contributed by atoms with Crippen molar-refractivity contribution in [3.63, 3.8) is 0 Å². The molecule has 0 spiro atoms. The van der Waals surface area contributed by atoms with Crippen LogP contribution in [0.5, 0.6) is 0 Å². The maximum Gasteiger partial charge on any atom is 0.235 e. The molecule has 2 heterocycles. The van der Waals surface area contributed by atoms with Crippen LogP contribution in [0.1, 0.15) is 94.0 Å². The van der Waals surface area contributed by atoms with E-state index in [4.69, 9.17) is 0 Å². The van der Waals surface area contributed by atoms with Crippen LogP contribution in [0.2, 0.25) is 0 Å². The van der Waals surface area contributed by atoms with Gasteiger partial charge in [-0.3, -0.25) is 4.79 Å². The number of fused-ring (bicyclic) bond motifs is 1. The molecular weight excluding hydrogens is 450 g/mol. The van der Waals surface area contributed by atoms with Gasteiger partial charge in [-0.25, -0.2) is 0 Å². The predicted molar refractivity (Wildman–Crippen MR) is 135 cm³/mol. The Bertz CT molecular complexity index is 1040. The Morgan fingerprint density at radius 3 is 2.67 bits per heavy atom. The fourth-order valence-corrected chi connectivity index (χ4v) is 7.29. The second kappa shape index (κ2) is 10.2. The normalized spacial score (nSPS) is 19.2. The molecule has 1 fully saturated rings. The van der Waals surface area contributed by atoms with Crippen LogP contribution in [0.4, 0.5) is 5.00 Å². The number of anilines is 1. The molecule has 2 aromatic rings. The second-order valence-corrected chi connectivity index (χ2v) is 12.4. The molecule has 1 atom stereocenters. The lowest BCUT2D eigenvalue weighted by Gasteiger charge is -2.33. The van der Waals surface area contributed by atoms with Crippen molar-refractivity contribution in [3.8, 4) is 6.07 Å². The fourth-order valence-electron chi connectivity index (χ4n) is 5.19. The molecule has 1 N–H and O–H groups in total. The van der Waals surface area contributed by atoms with E-state index in [1.54, 1.807) is 11.3 Å². The number of nitrogens with one attached hydrogen (secondary N) is 1. The molecule has 8 heteroatoms. The Morgan fingerprint density at radius 2 is 2.00 bits per heavy atom. The molecule has 1 unspecified atom stereocenters. The van der Waals surface area contributed by atoms with Gasteiger partial charge in [-0.05, 0) is 55.9 Å². The predicted octanol–water partition coefficient (Wildman–Crippen LogP) is 6.16. The number of nitriles is 1. The minimum absolute atomic E-state index is 0.0904.